The maximum absolute atomic E-state index is 12.1. The van der Waals surface area contributed by atoms with Gasteiger partial charge in [-0.1, -0.05) is 17.7 Å². The first kappa shape index (κ1) is 13.1. The van der Waals surface area contributed by atoms with Crippen molar-refractivity contribution in [3.05, 3.63) is 28.5 Å². The van der Waals surface area contributed by atoms with Crippen LogP contribution in [0.15, 0.2) is 12.1 Å². The van der Waals surface area contributed by atoms with E-state index >= 15 is 0 Å². The molecule has 0 fully saturated rings. The largest absolute Gasteiger partial charge is 0.444 e. The van der Waals surface area contributed by atoms with Crippen molar-refractivity contribution in [2.24, 2.45) is 0 Å². The fourth-order valence-electron chi connectivity index (χ4n) is 2.00. The molecular weight excluding hydrogens is 252 g/mol. The summed E-state index contributed by atoms with van der Waals surface area (Å²) in [7, 11) is 0. The number of aromatic nitrogens is 1. The smallest absolute Gasteiger partial charge is 0.411 e. The van der Waals surface area contributed by atoms with E-state index in [9.17, 15) is 4.79 Å². The van der Waals surface area contributed by atoms with Crippen LogP contribution in [0.3, 0.4) is 0 Å². The Morgan fingerprint density at radius 2 is 2.17 bits per heavy atom. The van der Waals surface area contributed by atoms with Crippen molar-refractivity contribution in [3.63, 3.8) is 0 Å². The summed E-state index contributed by atoms with van der Waals surface area (Å²) in [6.07, 6.45) is -0.316. The second-order valence-corrected chi connectivity index (χ2v) is 5.84. The van der Waals surface area contributed by atoms with Gasteiger partial charge in [0.15, 0.2) is 0 Å². The SMILES string of the molecule is C[C@H]1c2ccc(Cl)nc2CN1C(=O)OC(C)(C)C. The fourth-order valence-corrected chi connectivity index (χ4v) is 2.17. The average molecular weight is 269 g/mol. The number of fused-ring (bicyclic) bond motifs is 1. The highest BCUT2D eigenvalue weighted by atomic mass is 35.5. The molecule has 0 aromatic carbocycles. The predicted molar refractivity (Wildman–Crippen MR) is 69.4 cm³/mol. The highest BCUT2D eigenvalue weighted by Gasteiger charge is 2.34. The number of rotatable bonds is 0. The Balaban J connectivity index is 2.18. The number of pyridine rings is 1. The molecular formula is C13H17ClN2O2. The molecule has 0 saturated carbocycles. The van der Waals surface area contributed by atoms with Gasteiger partial charge in [0.2, 0.25) is 0 Å². The summed E-state index contributed by atoms with van der Waals surface area (Å²) in [6, 6.07) is 3.63. The van der Waals surface area contributed by atoms with Gasteiger partial charge in [-0.2, -0.15) is 0 Å². The van der Waals surface area contributed by atoms with E-state index in [4.69, 9.17) is 16.3 Å². The third-order valence-corrected chi connectivity index (χ3v) is 3.05. The number of hydrogen-bond donors (Lipinski definition) is 0. The van der Waals surface area contributed by atoms with Crippen LogP contribution in [0.25, 0.3) is 0 Å². The summed E-state index contributed by atoms with van der Waals surface area (Å²) in [4.78, 5) is 18.0. The van der Waals surface area contributed by atoms with Crippen LogP contribution in [0.4, 0.5) is 4.79 Å². The van der Waals surface area contributed by atoms with E-state index in [1.54, 1.807) is 11.0 Å². The van der Waals surface area contributed by atoms with Crippen molar-refractivity contribution >= 4 is 17.7 Å². The summed E-state index contributed by atoms with van der Waals surface area (Å²) < 4.78 is 5.38. The van der Waals surface area contributed by atoms with Crippen molar-refractivity contribution in [1.29, 1.82) is 0 Å². The molecule has 0 aliphatic carbocycles. The zero-order valence-electron chi connectivity index (χ0n) is 11.0. The summed E-state index contributed by atoms with van der Waals surface area (Å²) in [6.45, 7) is 7.98. The van der Waals surface area contributed by atoms with E-state index < -0.39 is 5.60 Å². The zero-order chi connectivity index (χ0) is 13.5. The van der Waals surface area contributed by atoms with Crippen LogP contribution in [0, 0.1) is 0 Å². The molecule has 0 saturated heterocycles. The molecule has 0 unspecified atom stereocenters. The molecule has 4 nitrogen and oxygen atoms in total. The lowest BCUT2D eigenvalue weighted by molar-refractivity contribution is 0.0186. The van der Waals surface area contributed by atoms with Crippen LogP contribution in [-0.2, 0) is 11.3 Å². The lowest BCUT2D eigenvalue weighted by Gasteiger charge is -2.26. The quantitative estimate of drug-likeness (QED) is 0.676. The van der Waals surface area contributed by atoms with Gasteiger partial charge in [-0.3, -0.25) is 4.90 Å². The van der Waals surface area contributed by atoms with Crippen molar-refractivity contribution in [1.82, 2.24) is 9.88 Å². The average Bonchev–Trinajstić information content (AvgIpc) is 2.53. The van der Waals surface area contributed by atoms with Crippen LogP contribution in [0.1, 0.15) is 45.0 Å². The molecule has 0 bridgehead atoms. The maximum Gasteiger partial charge on any atom is 0.411 e. The normalized spacial score (nSPS) is 18.7. The van der Waals surface area contributed by atoms with E-state index in [2.05, 4.69) is 4.98 Å². The summed E-state index contributed by atoms with van der Waals surface area (Å²) in [5.41, 5.74) is 1.39. The third-order valence-electron chi connectivity index (χ3n) is 2.84. The Kier molecular flexibility index (Phi) is 3.23. The first-order chi connectivity index (χ1) is 8.28. The minimum absolute atomic E-state index is 0.0281. The Bertz CT molecular complexity index is 482. The predicted octanol–water partition coefficient (Wildman–Crippen LogP) is 3.55. The molecule has 1 aromatic rings. The van der Waals surface area contributed by atoms with E-state index in [0.717, 1.165) is 11.3 Å². The number of amides is 1. The Morgan fingerprint density at radius 1 is 1.50 bits per heavy atom. The molecule has 1 amide bonds. The van der Waals surface area contributed by atoms with Gasteiger partial charge in [0.05, 0.1) is 18.3 Å². The van der Waals surface area contributed by atoms with Gasteiger partial charge in [-0.15, -0.1) is 0 Å². The first-order valence-electron chi connectivity index (χ1n) is 5.93. The second kappa shape index (κ2) is 4.43. The van der Waals surface area contributed by atoms with Gasteiger partial charge in [0.25, 0.3) is 0 Å². The Hall–Kier alpha value is -1.29. The summed E-state index contributed by atoms with van der Waals surface area (Å²) in [5, 5.41) is 0.451. The van der Waals surface area contributed by atoms with Crippen LogP contribution in [-0.4, -0.2) is 21.6 Å². The Labute approximate surface area is 112 Å². The topological polar surface area (TPSA) is 42.4 Å². The number of halogens is 1. The number of nitrogens with zero attached hydrogens (tertiary/aromatic N) is 2. The second-order valence-electron chi connectivity index (χ2n) is 5.45. The van der Waals surface area contributed by atoms with Gasteiger partial charge < -0.3 is 4.74 Å². The number of ether oxygens (including phenoxy) is 1. The molecule has 0 N–H and O–H groups in total. The lowest BCUT2D eigenvalue weighted by atomic mass is 10.1. The molecule has 1 aromatic heterocycles. The van der Waals surface area contributed by atoms with E-state index in [0.29, 0.717) is 11.7 Å². The highest BCUT2D eigenvalue weighted by molar-refractivity contribution is 6.29. The first-order valence-corrected chi connectivity index (χ1v) is 6.30. The van der Waals surface area contributed by atoms with Crippen molar-refractivity contribution in [3.8, 4) is 0 Å². The highest BCUT2D eigenvalue weighted by Crippen LogP contribution is 2.33. The molecule has 98 valence electrons. The zero-order valence-corrected chi connectivity index (χ0v) is 11.8. The molecule has 1 aliphatic rings. The monoisotopic (exact) mass is 268 g/mol. The molecule has 1 atom stereocenters. The fraction of sp³-hybridized carbons (Fsp3) is 0.538. The van der Waals surface area contributed by atoms with Crippen molar-refractivity contribution in [2.75, 3.05) is 0 Å². The number of carbonyl (C=O) groups is 1. The standard InChI is InChI=1S/C13H17ClN2O2/c1-8-9-5-6-11(14)15-10(9)7-16(8)12(17)18-13(2,3)4/h5-6,8H,7H2,1-4H3/t8-/m0/s1. The van der Waals surface area contributed by atoms with E-state index in [1.807, 2.05) is 33.8 Å². The maximum atomic E-state index is 12.1. The molecule has 2 heterocycles. The minimum Gasteiger partial charge on any atom is -0.444 e. The Morgan fingerprint density at radius 3 is 2.78 bits per heavy atom. The molecule has 18 heavy (non-hydrogen) atoms. The number of carbonyl (C=O) groups excluding carboxylic acids is 1. The minimum atomic E-state index is -0.489. The van der Waals surface area contributed by atoms with Crippen LogP contribution < -0.4 is 0 Å². The molecule has 1 aliphatic heterocycles. The van der Waals surface area contributed by atoms with Crippen molar-refractivity contribution in [2.45, 2.75) is 45.9 Å². The van der Waals surface area contributed by atoms with Gasteiger partial charge in [-0.05, 0) is 39.3 Å². The van der Waals surface area contributed by atoms with E-state index in [-0.39, 0.29) is 12.1 Å². The van der Waals surface area contributed by atoms with Crippen LogP contribution >= 0.6 is 11.6 Å². The van der Waals surface area contributed by atoms with E-state index in [1.165, 1.54) is 0 Å². The lowest BCUT2D eigenvalue weighted by Crippen LogP contribution is -2.35. The molecule has 5 heteroatoms. The van der Waals surface area contributed by atoms with Crippen molar-refractivity contribution < 1.29 is 9.53 Å². The molecule has 0 spiro atoms. The van der Waals surface area contributed by atoms with Crippen LogP contribution in [0.2, 0.25) is 5.15 Å². The summed E-state index contributed by atoms with van der Waals surface area (Å²) in [5.74, 6) is 0. The van der Waals surface area contributed by atoms with Gasteiger partial charge in [0, 0.05) is 0 Å². The third kappa shape index (κ3) is 2.58. The van der Waals surface area contributed by atoms with Gasteiger partial charge in [0.1, 0.15) is 10.8 Å². The van der Waals surface area contributed by atoms with Gasteiger partial charge in [-0.25, -0.2) is 9.78 Å². The van der Waals surface area contributed by atoms with Gasteiger partial charge >= 0.3 is 6.09 Å². The molecule has 2 rings (SSSR count). The number of hydrogen-bond acceptors (Lipinski definition) is 3. The molecule has 0 radical (unpaired) electrons. The summed E-state index contributed by atoms with van der Waals surface area (Å²) >= 11 is 5.86. The van der Waals surface area contributed by atoms with Crippen LogP contribution in [0.5, 0.6) is 0 Å².